The third kappa shape index (κ3) is 5.12. The van der Waals surface area contributed by atoms with Gasteiger partial charge in [-0.25, -0.2) is 9.59 Å². The van der Waals surface area contributed by atoms with Crippen molar-refractivity contribution in [2.24, 2.45) is 0 Å². The number of amides is 1. The summed E-state index contributed by atoms with van der Waals surface area (Å²) in [6.07, 6.45) is 1.23. The Balaban J connectivity index is 1.93. The van der Waals surface area contributed by atoms with Crippen LogP contribution < -0.4 is 10.1 Å². The number of methoxy groups -OCH3 is 1. The molecule has 1 aromatic carbocycles. The second-order valence-electron chi connectivity index (χ2n) is 6.83. The smallest absolute Gasteiger partial charge is 0.408 e. The van der Waals surface area contributed by atoms with Crippen LogP contribution >= 0.6 is 15.9 Å². The van der Waals surface area contributed by atoms with Crippen LogP contribution in [-0.2, 0) is 9.47 Å². The van der Waals surface area contributed by atoms with Crippen LogP contribution in [0, 0.1) is 0 Å². The van der Waals surface area contributed by atoms with Gasteiger partial charge in [0.2, 0.25) is 0 Å². The highest BCUT2D eigenvalue weighted by atomic mass is 79.9. The minimum absolute atomic E-state index is 0.336. The third-order valence-electron chi connectivity index (χ3n) is 3.48. The maximum absolute atomic E-state index is 11.9. The van der Waals surface area contributed by atoms with Gasteiger partial charge in [-0.1, -0.05) is 0 Å². The number of halogens is 1. The Kier molecular flexibility index (Phi) is 5.42. The molecule has 1 amide bonds. The van der Waals surface area contributed by atoms with E-state index < -0.39 is 17.7 Å². The first-order chi connectivity index (χ1) is 11.1. The van der Waals surface area contributed by atoms with Gasteiger partial charge in [0.05, 0.1) is 22.7 Å². The number of nitrogens with one attached hydrogen (secondary N) is 1. The highest BCUT2D eigenvalue weighted by molar-refractivity contribution is 9.10. The fourth-order valence-electron chi connectivity index (χ4n) is 2.06. The summed E-state index contributed by atoms with van der Waals surface area (Å²) in [5.74, 6) is 0.187. The molecule has 1 aromatic rings. The molecule has 0 aromatic heterocycles. The molecule has 6 nitrogen and oxygen atoms in total. The second kappa shape index (κ2) is 7.01. The normalized spacial score (nSPS) is 15.4. The standard InChI is InChI=1S/C17H22BrNO5/c1-16(2,3)24-15(21)19-17(7-8-17)10-23-13-6-5-11(9-12(13)18)14(20)22-4/h5-6,9H,7-8,10H2,1-4H3,(H,19,21). The maximum Gasteiger partial charge on any atom is 0.408 e. The summed E-state index contributed by atoms with van der Waals surface area (Å²) in [5, 5.41) is 2.88. The molecule has 7 heteroatoms. The van der Waals surface area contributed by atoms with Crippen LogP contribution in [0.1, 0.15) is 44.0 Å². The SMILES string of the molecule is COC(=O)c1ccc(OCC2(NC(=O)OC(C)(C)C)CC2)c(Br)c1. The average Bonchev–Trinajstić information content (AvgIpc) is 3.22. The van der Waals surface area contributed by atoms with Gasteiger partial charge >= 0.3 is 12.1 Å². The van der Waals surface area contributed by atoms with Gasteiger partial charge in [-0.15, -0.1) is 0 Å². The van der Waals surface area contributed by atoms with E-state index in [1.807, 2.05) is 20.8 Å². The van der Waals surface area contributed by atoms with Crippen molar-refractivity contribution in [1.82, 2.24) is 5.32 Å². The molecule has 0 saturated heterocycles. The van der Waals surface area contributed by atoms with Gasteiger partial charge in [-0.2, -0.15) is 0 Å². The number of ether oxygens (including phenoxy) is 3. The lowest BCUT2D eigenvalue weighted by Gasteiger charge is -2.23. The second-order valence-corrected chi connectivity index (χ2v) is 7.69. The van der Waals surface area contributed by atoms with Crippen molar-refractivity contribution in [1.29, 1.82) is 0 Å². The molecule has 1 fully saturated rings. The van der Waals surface area contributed by atoms with Crippen molar-refractivity contribution >= 4 is 28.0 Å². The first-order valence-electron chi connectivity index (χ1n) is 7.66. The van der Waals surface area contributed by atoms with E-state index in [1.165, 1.54) is 7.11 Å². The van der Waals surface area contributed by atoms with Crippen LogP contribution in [0.5, 0.6) is 5.75 Å². The van der Waals surface area contributed by atoms with E-state index in [1.54, 1.807) is 18.2 Å². The third-order valence-corrected chi connectivity index (χ3v) is 4.10. The summed E-state index contributed by atoms with van der Waals surface area (Å²) in [6, 6.07) is 4.97. The number of hydrogen-bond donors (Lipinski definition) is 1. The molecule has 1 aliphatic carbocycles. The average molecular weight is 400 g/mol. The molecule has 1 aliphatic rings. The van der Waals surface area contributed by atoms with Gasteiger partial charge in [0, 0.05) is 0 Å². The van der Waals surface area contributed by atoms with Gasteiger partial charge in [0.15, 0.2) is 0 Å². The lowest BCUT2D eigenvalue weighted by atomic mass is 10.2. The highest BCUT2D eigenvalue weighted by Crippen LogP contribution is 2.37. The summed E-state index contributed by atoms with van der Waals surface area (Å²) < 4.78 is 16.4. The molecule has 0 atom stereocenters. The van der Waals surface area contributed by atoms with Crippen LogP contribution in [-0.4, -0.2) is 36.9 Å². The zero-order valence-electron chi connectivity index (χ0n) is 14.3. The number of hydrogen-bond acceptors (Lipinski definition) is 5. The molecular formula is C17H22BrNO5. The fourth-order valence-corrected chi connectivity index (χ4v) is 2.55. The van der Waals surface area contributed by atoms with E-state index in [0.29, 0.717) is 22.4 Å². The van der Waals surface area contributed by atoms with E-state index in [9.17, 15) is 9.59 Å². The van der Waals surface area contributed by atoms with Crippen LogP contribution in [0.3, 0.4) is 0 Å². The molecule has 24 heavy (non-hydrogen) atoms. The Morgan fingerprint density at radius 3 is 2.46 bits per heavy atom. The maximum atomic E-state index is 11.9. The predicted octanol–water partition coefficient (Wildman–Crippen LogP) is 3.67. The van der Waals surface area contributed by atoms with Gasteiger partial charge in [-0.3, -0.25) is 0 Å². The first-order valence-corrected chi connectivity index (χ1v) is 8.45. The summed E-state index contributed by atoms with van der Waals surface area (Å²) in [6.45, 7) is 5.80. The van der Waals surface area contributed by atoms with Gasteiger partial charge in [0.1, 0.15) is 18.0 Å². The molecule has 1 N–H and O–H groups in total. The van der Waals surface area contributed by atoms with Crippen molar-refractivity contribution in [2.75, 3.05) is 13.7 Å². The minimum atomic E-state index is -0.534. The molecule has 0 aliphatic heterocycles. The lowest BCUT2D eigenvalue weighted by Crippen LogP contribution is -2.44. The van der Waals surface area contributed by atoms with Crippen molar-refractivity contribution in [3.05, 3.63) is 28.2 Å². The Labute approximate surface area is 150 Å². The van der Waals surface area contributed by atoms with E-state index in [0.717, 1.165) is 12.8 Å². The Morgan fingerprint density at radius 1 is 1.29 bits per heavy atom. The molecule has 1 saturated carbocycles. The van der Waals surface area contributed by atoms with Crippen molar-refractivity contribution in [2.45, 2.75) is 44.8 Å². The van der Waals surface area contributed by atoms with E-state index in [2.05, 4.69) is 26.0 Å². The van der Waals surface area contributed by atoms with Crippen LogP contribution in [0.25, 0.3) is 0 Å². The number of alkyl carbamates (subject to hydrolysis) is 1. The Morgan fingerprint density at radius 2 is 1.96 bits per heavy atom. The zero-order chi connectivity index (χ0) is 18.0. The zero-order valence-corrected chi connectivity index (χ0v) is 15.9. The molecular weight excluding hydrogens is 378 g/mol. The summed E-state index contributed by atoms with van der Waals surface area (Å²) in [5.41, 5.74) is -0.485. The van der Waals surface area contributed by atoms with E-state index in [-0.39, 0.29) is 5.54 Å². The van der Waals surface area contributed by atoms with E-state index in [4.69, 9.17) is 9.47 Å². The molecule has 132 valence electrons. The monoisotopic (exact) mass is 399 g/mol. The quantitative estimate of drug-likeness (QED) is 0.764. The number of carbonyl (C=O) groups excluding carboxylic acids is 2. The molecule has 0 radical (unpaired) electrons. The number of esters is 1. The Bertz CT molecular complexity index is 634. The number of carbonyl (C=O) groups is 2. The van der Waals surface area contributed by atoms with Gasteiger partial charge in [-0.05, 0) is 67.7 Å². The first kappa shape index (κ1) is 18.6. The highest BCUT2D eigenvalue weighted by Gasteiger charge is 2.46. The fraction of sp³-hybridized carbons (Fsp3) is 0.529. The molecule has 2 rings (SSSR count). The van der Waals surface area contributed by atoms with Crippen LogP contribution in [0.15, 0.2) is 22.7 Å². The summed E-state index contributed by atoms with van der Waals surface area (Å²) in [4.78, 5) is 23.4. The van der Waals surface area contributed by atoms with E-state index >= 15 is 0 Å². The number of rotatable bonds is 5. The number of benzene rings is 1. The molecule has 0 heterocycles. The van der Waals surface area contributed by atoms with Gasteiger partial charge < -0.3 is 19.5 Å². The molecule has 0 unspecified atom stereocenters. The topological polar surface area (TPSA) is 73.9 Å². The van der Waals surface area contributed by atoms with Crippen molar-refractivity contribution in [3.8, 4) is 5.75 Å². The summed E-state index contributed by atoms with van der Waals surface area (Å²) in [7, 11) is 1.33. The van der Waals surface area contributed by atoms with Crippen molar-refractivity contribution < 1.29 is 23.8 Å². The summed E-state index contributed by atoms with van der Waals surface area (Å²) >= 11 is 3.38. The minimum Gasteiger partial charge on any atom is -0.490 e. The molecule has 0 bridgehead atoms. The largest absolute Gasteiger partial charge is 0.490 e. The van der Waals surface area contributed by atoms with Crippen LogP contribution in [0.4, 0.5) is 4.79 Å². The van der Waals surface area contributed by atoms with Crippen LogP contribution in [0.2, 0.25) is 0 Å². The van der Waals surface area contributed by atoms with Crippen molar-refractivity contribution in [3.63, 3.8) is 0 Å². The molecule has 0 spiro atoms. The predicted molar refractivity (Wildman–Crippen MR) is 92.3 cm³/mol. The van der Waals surface area contributed by atoms with Gasteiger partial charge in [0.25, 0.3) is 0 Å². The Hall–Kier alpha value is -1.76. The lowest BCUT2D eigenvalue weighted by molar-refractivity contribution is 0.0475.